The molecule has 1 aliphatic heterocycles. The predicted octanol–water partition coefficient (Wildman–Crippen LogP) is 0.910. The van der Waals surface area contributed by atoms with E-state index in [9.17, 15) is 4.79 Å². The molecule has 1 atom stereocenters. The Morgan fingerprint density at radius 2 is 2.25 bits per heavy atom. The first-order chi connectivity index (χ1) is 7.60. The zero-order valence-corrected chi connectivity index (χ0v) is 10.0. The highest BCUT2D eigenvalue weighted by Gasteiger charge is 2.27. The molecule has 16 heavy (non-hydrogen) atoms. The summed E-state index contributed by atoms with van der Waals surface area (Å²) in [5.41, 5.74) is 6.97. The Hall–Kier alpha value is -1.52. The molecule has 0 saturated heterocycles. The Labute approximate surface area is 95.8 Å². The number of nitrogens with two attached hydrogens (primary N) is 1. The van der Waals surface area contributed by atoms with Crippen LogP contribution in [0.2, 0.25) is 0 Å². The normalized spacial score (nSPS) is 20.2. The average Bonchev–Trinajstić information content (AvgIpc) is 2.17. The highest BCUT2D eigenvalue weighted by Crippen LogP contribution is 2.20. The molecular weight excluding hydrogens is 206 g/mol. The summed E-state index contributed by atoms with van der Waals surface area (Å²) in [6.45, 7) is 6.02. The number of allylic oxidation sites excluding steroid dienone is 1. The van der Waals surface area contributed by atoms with E-state index in [-0.39, 0.29) is 12.0 Å². The highest BCUT2D eigenvalue weighted by atomic mass is 16.5. The minimum Gasteiger partial charge on any atom is -0.463 e. The van der Waals surface area contributed by atoms with Crippen LogP contribution < -0.4 is 11.1 Å². The summed E-state index contributed by atoms with van der Waals surface area (Å²) in [4.78, 5) is 16.0. The Morgan fingerprint density at radius 1 is 1.56 bits per heavy atom. The number of guanidine groups is 1. The monoisotopic (exact) mass is 225 g/mol. The maximum Gasteiger partial charge on any atom is 0.337 e. The first kappa shape index (κ1) is 12.5. The Balaban J connectivity index is 2.92. The molecule has 3 N–H and O–H groups in total. The van der Waals surface area contributed by atoms with Crippen molar-refractivity contribution in [1.29, 1.82) is 0 Å². The fourth-order valence-electron chi connectivity index (χ4n) is 1.75. The summed E-state index contributed by atoms with van der Waals surface area (Å²) in [7, 11) is 0. The van der Waals surface area contributed by atoms with Crippen LogP contribution in [0, 0.1) is 0 Å². The van der Waals surface area contributed by atoms with Crippen molar-refractivity contribution in [3.8, 4) is 0 Å². The molecular formula is C11H19N3O2. The van der Waals surface area contributed by atoms with Gasteiger partial charge in [0.25, 0.3) is 0 Å². The molecule has 5 heteroatoms. The molecule has 0 amide bonds. The van der Waals surface area contributed by atoms with E-state index in [2.05, 4.69) is 10.3 Å². The van der Waals surface area contributed by atoms with Crippen molar-refractivity contribution in [3.05, 3.63) is 11.3 Å². The second-order valence-electron chi connectivity index (χ2n) is 3.70. The van der Waals surface area contributed by atoms with Gasteiger partial charge in [-0.3, -0.25) is 0 Å². The molecule has 5 nitrogen and oxygen atoms in total. The van der Waals surface area contributed by atoms with Gasteiger partial charge < -0.3 is 15.8 Å². The lowest BCUT2D eigenvalue weighted by Gasteiger charge is -2.23. The van der Waals surface area contributed by atoms with Crippen LogP contribution in [0.4, 0.5) is 0 Å². The van der Waals surface area contributed by atoms with Gasteiger partial charge in [0.15, 0.2) is 5.96 Å². The van der Waals surface area contributed by atoms with Gasteiger partial charge in [-0.1, -0.05) is 13.3 Å². The maximum absolute atomic E-state index is 11.8. The number of rotatable bonds is 4. The molecule has 90 valence electrons. The smallest absolute Gasteiger partial charge is 0.337 e. The molecule has 0 bridgehead atoms. The minimum absolute atomic E-state index is 0.176. The number of hydrogen-bond donors (Lipinski definition) is 2. The van der Waals surface area contributed by atoms with Crippen molar-refractivity contribution in [3.63, 3.8) is 0 Å². The average molecular weight is 225 g/mol. The molecule has 0 aromatic heterocycles. The Kier molecular flexibility index (Phi) is 4.34. The van der Waals surface area contributed by atoms with Crippen molar-refractivity contribution in [2.24, 2.45) is 10.7 Å². The van der Waals surface area contributed by atoms with Crippen molar-refractivity contribution in [2.75, 3.05) is 6.61 Å². The molecule has 0 aliphatic carbocycles. The quantitative estimate of drug-likeness (QED) is 0.697. The number of nitrogens with zero attached hydrogens (tertiary/aromatic N) is 1. The van der Waals surface area contributed by atoms with Gasteiger partial charge in [0.1, 0.15) is 0 Å². The van der Waals surface area contributed by atoms with E-state index >= 15 is 0 Å². The fraction of sp³-hybridized carbons (Fsp3) is 0.636. The lowest BCUT2D eigenvalue weighted by molar-refractivity contribution is -0.138. The summed E-state index contributed by atoms with van der Waals surface area (Å²) in [6.07, 6.45) is 1.74. The number of ether oxygens (including phenoxy) is 1. The van der Waals surface area contributed by atoms with Gasteiger partial charge in [0.05, 0.1) is 18.2 Å². The van der Waals surface area contributed by atoms with E-state index in [0.717, 1.165) is 18.5 Å². The maximum atomic E-state index is 11.8. The van der Waals surface area contributed by atoms with Gasteiger partial charge in [-0.15, -0.1) is 0 Å². The van der Waals surface area contributed by atoms with Crippen molar-refractivity contribution in [1.82, 2.24) is 5.32 Å². The SMILES string of the molecule is CCC[C@H]1N=C(N)NC(C)=C1C(=O)OCC. The van der Waals surface area contributed by atoms with Gasteiger partial charge in [-0.2, -0.15) is 0 Å². The summed E-state index contributed by atoms with van der Waals surface area (Å²) >= 11 is 0. The standard InChI is InChI=1S/C11H19N3O2/c1-4-6-8-9(10(15)16-5-2)7(3)13-11(12)14-8/h8H,4-6H2,1-3H3,(H3,12,13,14)/t8-/m1/s1. The summed E-state index contributed by atoms with van der Waals surface area (Å²) in [6, 6.07) is -0.176. The van der Waals surface area contributed by atoms with Crippen LogP contribution in [0.1, 0.15) is 33.6 Å². The van der Waals surface area contributed by atoms with Crippen LogP contribution >= 0.6 is 0 Å². The predicted molar refractivity (Wildman–Crippen MR) is 62.8 cm³/mol. The fourth-order valence-corrected chi connectivity index (χ4v) is 1.75. The largest absolute Gasteiger partial charge is 0.463 e. The second kappa shape index (κ2) is 5.53. The van der Waals surface area contributed by atoms with E-state index in [1.807, 2.05) is 13.8 Å². The van der Waals surface area contributed by atoms with E-state index in [1.165, 1.54) is 0 Å². The summed E-state index contributed by atoms with van der Waals surface area (Å²) in [5.74, 6) is 0.0613. The van der Waals surface area contributed by atoms with E-state index < -0.39 is 0 Å². The summed E-state index contributed by atoms with van der Waals surface area (Å²) in [5, 5.41) is 2.86. The van der Waals surface area contributed by atoms with Crippen molar-refractivity contribution >= 4 is 11.9 Å². The van der Waals surface area contributed by atoms with Crippen LogP contribution in [-0.2, 0) is 9.53 Å². The molecule has 1 heterocycles. The van der Waals surface area contributed by atoms with Gasteiger partial charge >= 0.3 is 5.97 Å². The van der Waals surface area contributed by atoms with E-state index in [0.29, 0.717) is 18.1 Å². The van der Waals surface area contributed by atoms with Gasteiger partial charge in [-0.25, -0.2) is 9.79 Å². The third-order valence-corrected chi connectivity index (χ3v) is 2.41. The topological polar surface area (TPSA) is 76.7 Å². The number of nitrogens with one attached hydrogen (secondary N) is 1. The minimum atomic E-state index is -0.304. The number of carbonyl (C=O) groups is 1. The Morgan fingerprint density at radius 3 is 2.81 bits per heavy atom. The number of carbonyl (C=O) groups excluding carboxylic acids is 1. The van der Waals surface area contributed by atoms with E-state index in [4.69, 9.17) is 10.5 Å². The molecule has 1 aliphatic rings. The highest BCUT2D eigenvalue weighted by molar-refractivity contribution is 5.94. The van der Waals surface area contributed by atoms with Crippen LogP contribution in [0.5, 0.6) is 0 Å². The van der Waals surface area contributed by atoms with Gasteiger partial charge in [0.2, 0.25) is 0 Å². The van der Waals surface area contributed by atoms with Crippen LogP contribution in [0.15, 0.2) is 16.3 Å². The van der Waals surface area contributed by atoms with Crippen molar-refractivity contribution < 1.29 is 9.53 Å². The van der Waals surface area contributed by atoms with Crippen LogP contribution in [0.3, 0.4) is 0 Å². The third-order valence-electron chi connectivity index (χ3n) is 2.41. The number of aliphatic imine (C=N–C) groups is 1. The molecule has 0 saturated carbocycles. The van der Waals surface area contributed by atoms with Crippen LogP contribution in [-0.4, -0.2) is 24.6 Å². The molecule has 0 unspecified atom stereocenters. The molecule has 0 spiro atoms. The zero-order chi connectivity index (χ0) is 12.1. The second-order valence-corrected chi connectivity index (χ2v) is 3.70. The molecule has 0 radical (unpaired) electrons. The number of hydrogen-bond acceptors (Lipinski definition) is 5. The van der Waals surface area contributed by atoms with Gasteiger partial charge in [0, 0.05) is 5.70 Å². The zero-order valence-electron chi connectivity index (χ0n) is 10.0. The lowest BCUT2D eigenvalue weighted by Crippen LogP contribution is -2.39. The Bertz CT molecular complexity index is 334. The third kappa shape index (κ3) is 2.74. The lowest BCUT2D eigenvalue weighted by atomic mass is 10.00. The molecule has 0 aromatic rings. The first-order valence-electron chi connectivity index (χ1n) is 5.58. The molecule has 1 rings (SSSR count). The van der Waals surface area contributed by atoms with Crippen molar-refractivity contribution in [2.45, 2.75) is 39.7 Å². The number of esters is 1. The molecule has 0 fully saturated rings. The van der Waals surface area contributed by atoms with Crippen LogP contribution in [0.25, 0.3) is 0 Å². The summed E-state index contributed by atoms with van der Waals surface area (Å²) < 4.78 is 5.02. The molecule has 0 aromatic carbocycles. The first-order valence-corrected chi connectivity index (χ1v) is 5.58. The van der Waals surface area contributed by atoms with E-state index in [1.54, 1.807) is 6.92 Å². The van der Waals surface area contributed by atoms with Gasteiger partial charge in [-0.05, 0) is 20.3 Å².